The number of halogens is 2. The molecule has 0 saturated carbocycles. The highest BCUT2D eigenvalue weighted by Gasteiger charge is 2.16. The van der Waals surface area contributed by atoms with Gasteiger partial charge in [0, 0.05) is 7.14 Å². The summed E-state index contributed by atoms with van der Waals surface area (Å²) in [6.45, 7) is 0. The number of anilines is 2. The highest BCUT2D eigenvalue weighted by atomic mass is 127. The van der Waals surface area contributed by atoms with E-state index in [0.29, 0.717) is 34.0 Å². The summed E-state index contributed by atoms with van der Waals surface area (Å²) >= 11 is 4.28. The lowest BCUT2D eigenvalue weighted by Crippen LogP contribution is -2.14. The molecule has 0 aliphatic rings. The van der Waals surface area contributed by atoms with Gasteiger partial charge in [-0.15, -0.1) is 0 Å². The third-order valence-electron chi connectivity index (χ3n) is 5.47. The van der Waals surface area contributed by atoms with Gasteiger partial charge in [-0.1, -0.05) is 36.4 Å². The van der Waals surface area contributed by atoms with Gasteiger partial charge in [-0.3, -0.25) is 9.59 Å². The Bertz CT molecular complexity index is 1330. The first-order valence-corrected chi connectivity index (χ1v) is 13.0. The van der Waals surface area contributed by atoms with Crippen molar-refractivity contribution in [2.45, 2.75) is 0 Å². The molecule has 0 saturated heterocycles. The molecule has 4 rings (SSSR count). The smallest absolute Gasteiger partial charge is 0.256 e. The van der Waals surface area contributed by atoms with E-state index in [1.54, 1.807) is 38.5 Å². The third-order valence-corrected chi connectivity index (χ3v) is 7.35. The largest absolute Gasteiger partial charge is 0.495 e. The van der Waals surface area contributed by atoms with Gasteiger partial charge in [0.25, 0.3) is 11.8 Å². The highest BCUT2D eigenvalue weighted by molar-refractivity contribution is 14.1. The molecule has 0 aliphatic heterocycles. The lowest BCUT2D eigenvalue weighted by Gasteiger charge is -2.15. The lowest BCUT2D eigenvalue weighted by molar-refractivity contribution is 0.101. The molecule has 4 aromatic carbocycles. The zero-order valence-electron chi connectivity index (χ0n) is 19.5. The quantitative estimate of drug-likeness (QED) is 0.202. The number of hydrogen-bond donors (Lipinski definition) is 2. The fourth-order valence-electron chi connectivity index (χ4n) is 3.62. The molecule has 2 amide bonds. The molecule has 0 unspecified atom stereocenters. The van der Waals surface area contributed by atoms with Crippen LogP contribution in [0.4, 0.5) is 11.4 Å². The highest BCUT2D eigenvalue weighted by Crippen LogP contribution is 2.35. The molecule has 8 heteroatoms. The van der Waals surface area contributed by atoms with Gasteiger partial charge in [0.1, 0.15) is 11.5 Å². The molecule has 4 aromatic rings. The molecule has 36 heavy (non-hydrogen) atoms. The molecule has 0 fully saturated rings. The molecule has 0 aromatic heterocycles. The monoisotopic (exact) mass is 704 g/mol. The summed E-state index contributed by atoms with van der Waals surface area (Å²) in [7, 11) is 3.12. The Morgan fingerprint density at radius 1 is 0.611 bits per heavy atom. The van der Waals surface area contributed by atoms with E-state index in [1.807, 2.05) is 60.7 Å². The second kappa shape index (κ2) is 11.7. The fourth-order valence-corrected chi connectivity index (χ4v) is 4.88. The van der Waals surface area contributed by atoms with Gasteiger partial charge in [0.05, 0.1) is 36.7 Å². The van der Waals surface area contributed by atoms with Crippen molar-refractivity contribution in [3.05, 3.63) is 103 Å². The van der Waals surface area contributed by atoms with Crippen LogP contribution in [0.1, 0.15) is 20.7 Å². The van der Waals surface area contributed by atoms with Crippen LogP contribution < -0.4 is 20.1 Å². The van der Waals surface area contributed by atoms with Gasteiger partial charge in [0.2, 0.25) is 0 Å². The molecule has 0 radical (unpaired) electrons. The minimum Gasteiger partial charge on any atom is -0.495 e. The number of benzene rings is 4. The summed E-state index contributed by atoms with van der Waals surface area (Å²) in [5.74, 6) is 0.644. The van der Waals surface area contributed by atoms with Crippen LogP contribution in [0.3, 0.4) is 0 Å². The van der Waals surface area contributed by atoms with Crippen molar-refractivity contribution < 1.29 is 19.1 Å². The predicted molar refractivity (Wildman–Crippen MR) is 159 cm³/mol. The summed E-state index contributed by atoms with van der Waals surface area (Å²) in [5.41, 5.74) is 4.06. The first-order chi connectivity index (χ1) is 17.4. The fraction of sp³-hybridized carbons (Fsp3) is 0.0714. The standard InChI is InChI=1S/C28H22I2N2O4/c1-35-25-15-17(11-13-23(25)31-27(33)19-7-3-5-9-21(19)29)18-12-14-24(26(16-18)36-2)32-28(34)20-8-4-6-10-22(20)30/h3-16H,1-2H3,(H,31,33)(H,32,34). The minimum absolute atomic E-state index is 0.208. The van der Waals surface area contributed by atoms with Crippen LogP contribution in [0.2, 0.25) is 0 Å². The first-order valence-electron chi connectivity index (χ1n) is 10.9. The Balaban J connectivity index is 1.58. The van der Waals surface area contributed by atoms with Gasteiger partial charge in [-0.2, -0.15) is 0 Å². The maximum Gasteiger partial charge on any atom is 0.256 e. The average Bonchev–Trinajstić information content (AvgIpc) is 2.89. The van der Waals surface area contributed by atoms with Crippen LogP contribution in [-0.4, -0.2) is 26.0 Å². The molecule has 2 N–H and O–H groups in total. The van der Waals surface area contributed by atoms with E-state index in [1.165, 1.54) is 0 Å². The van der Waals surface area contributed by atoms with E-state index in [2.05, 4.69) is 55.8 Å². The number of ether oxygens (including phenoxy) is 2. The van der Waals surface area contributed by atoms with Gasteiger partial charge < -0.3 is 20.1 Å². The van der Waals surface area contributed by atoms with Crippen molar-refractivity contribution >= 4 is 68.4 Å². The van der Waals surface area contributed by atoms with E-state index in [0.717, 1.165) is 18.3 Å². The number of nitrogens with one attached hydrogen (secondary N) is 2. The molecule has 0 heterocycles. The van der Waals surface area contributed by atoms with Crippen LogP contribution in [-0.2, 0) is 0 Å². The van der Waals surface area contributed by atoms with Crippen molar-refractivity contribution in [3.63, 3.8) is 0 Å². The maximum absolute atomic E-state index is 12.8. The maximum atomic E-state index is 12.8. The summed E-state index contributed by atoms with van der Waals surface area (Å²) in [5, 5.41) is 5.86. The van der Waals surface area contributed by atoms with Crippen molar-refractivity contribution in [2.24, 2.45) is 0 Å². The number of hydrogen-bond acceptors (Lipinski definition) is 4. The van der Waals surface area contributed by atoms with Crippen molar-refractivity contribution in [3.8, 4) is 22.6 Å². The Hall–Kier alpha value is -3.12. The van der Waals surface area contributed by atoms with Crippen molar-refractivity contribution in [2.75, 3.05) is 24.9 Å². The molecular formula is C28H22I2N2O4. The van der Waals surface area contributed by atoms with E-state index in [-0.39, 0.29) is 11.8 Å². The lowest BCUT2D eigenvalue weighted by atomic mass is 10.0. The zero-order valence-corrected chi connectivity index (χ0v) is 23.8. The van der Waals surface area contributed by atoms with E-state index in [4.69, 9.17) is 9.47 Å². The number of amides is 2. The van der Waals surface area contributed by atoms with Gasteiger partial charge in [0.15, 0.2) is 0 Å². The van der Waals surface area contributed by atoms with E-state index < -0.39 is 0 Å². The van der Waals surface area contributed by atoms with Crippen LogP contribution in [0.5, 0.6) is 11.5 Å². The summed E-state index contributed by atoms with van der Waals surface area (Å²) in [6, 6.07) is 25.9. The second-order valence-electron chi connectivity index (χ2n) is 7.70. The van der Waals surface area contributed by atoms with Crippen LogP contribution >= 0.6 is 45.2 Å². The van der Waals surface area contributed by atoms with Gasteiger partial charge >= 0.3 is 0 Å². The number of carbonyl (C=O) groups is 2. The molecule has 0 aliphatic carbocycles. The molecule has 0 spiro atoms. The van der Waals surface area contributed by atoms with Crippen molar-refractivity contribution in [1.82, 2.24) is 0 Å². The second-order valence-corrected chi connectivity index (χ2v) is 10.0. The predicted octanol–water partition coefficient (Wildman–Crippen LogP) is 7.08. The van der Waals surface area contributed by atoms with Crippen LogP contribution in [0.15, 0.2) is 84.9 Å². The topological polar surface area (TPSA) is 76.7 Å². The van der Waals surface area contributed by atoms with Crippen LogP contribution in [0.25, 0.3) is 11.1 Å². The van der Waals surface area contributed by atoms with E-state index >= 15 is 0 Å². The third kappa shape index (κ3) is 5.81. The molecule has 0 bridgehead atoms. The molecule has 0 atom stereocenters. The SMILES string of the molecule is COc1cc(-c2ccc(NC(=O)c3ccccc3I)c(OC)c2)ccc1NC(=O)c1ccccc1I. The number of methoxy groups -OCH3 is 2. The molecule has 6 nitrogen and oxygen atoms in total. The molecule has 182 valence electrons. The van der Waals surface area contributed by atoms with Crippen LogP contribution in [0, 0.1) is 7.14 Å². The molecular weight excluding hydrogens is 682 g/mol. The van der Waals surface area contributed by atoms with Gasteiger partial charge in [-0.25, -0.2) is 0 Å². The van der Waals surface area contributed by atoms with E-state index in [9.17, 15) is 9.59 Å². The summed E-state index contributed by atoms with van der Waals surface area (Å²) < 4.78 is 12.9. The Morgan fingerprint density at radius 3 is 1.36 bits per heavy atom. The number of rotatable bonds is 7. The number of carbonyl (C=O) groups excluding carboxylic acids is 2. The Morgan fingerprint density at radius 2 is 1.00 bits per heavy atom. The van der Waals surface area contributed by atoms with Gasteiger partial charge in [-0.05, 0) is 105 Å². The summed E-state index contributed by atoms with van der Waals surface area (Å²) in [6.07, 6.45) is 0. The Kier molecular flexibility index (Phi) is 8.47. The Labute approximate surface area is 236 Å². The average molecular weight is 704 g/mol. The van der Waals surface area contributed by atoms with Crippen molar-refractivity contribution in [1.29, 1.82) is 0 Å². The minimum atomic E-state index is -0.208. The normalized spacial score (nSPS) is 10.4. The first kappa shape index (κ1) is 26.0. The summed E-state index contributed by atoms with van der Waals surface area (Å²) in [4.78, 5) is 25.5. The zero-order chi connectivity index (χ0) is 25.7.